The number of halogens is 1. The Labute approximate surface area is 126 Å². The molecular weight excluding hydrogens is 320 g/mol. The fraction of sp³-hybridized carbons (Fsp3) is 0. The fourth-order valence-electron chi connectivity index (χ4n) is 1.49. The lowest BCUT2D eigenvalue weighted by Crippen LogP contribution is -2.12. The van der Waals surface area contributed by atoms with E-state index < -0.39 is 16.8 Å². The number of aromatic carboxylic acids is 1. The van der Waals surface area contributed by atoms with Gasteiger partial charge in [-0.1, -0.05) is 22.9 Å². The second kappa shape index (κ2) is 5.90. The van der Waals surface area contributed by atoms with Crippen LogP contribution in [0.3, 0.4) is 0 Å². The van der Waals surface area contributed by atoms with Crippen LogP contribution in [0.4, 0.5) is 10.7 Å². The highest BCUT2D eigenvalue weighted by Gasteiger charge is 2.16. The molecule has 0 radical (unpaired) electrons. The summed E-state index contributed by atoms with van der Waals surface area (Å²) in [5.41, 5.74) is 0.185. The largest absolute Gasteiger partial charge is 0.478 e. The van der Waals surface area contributed by atoms with Crippen molar-refractivity contribution in [3.05, 3.63) is 55.9 Å². The van der Waals surface area contributed by atoms with Gasteiger partial charge in [0.2, 0.25) is 0 Å². The predicted molar refractivity (Wildman–Crippen MR) is 77.3 cm³/mol. The van der Waals surface area contributed by atoms with Crippen molar-refractivity contribution in [1.82, 2.24) is 0 Å². The van der Waals surface area contributed by atoms with Gasteiger partial charge in [-0.3, -0.25) is 14.9 Å². The number of carbonyl (C=O) groups is 2. The molecule has 1 aromatic heterocycles. The van der Waals surface area contributed by atoms with E-state index >= 15 is 0 Å². The lowest BCUT2D eigenvalue weighted by Gasteiger charge is -2.07. The number of thiophene rings is 1. The van der Waals surface area contributed by atoms with Crippen molar-refractivity contribution in [1.29, 1.82) is 0 Å². The van der Waals surface area contributed by atoms with Crippen LogP contribution >= 0.6 is 22.9 Å². The number of nitrogens with zero attached hydrogens (tertiary/aromatic N) is 1. The maximum atomic E-state index is 12.0. The summed E-state index contributed by atoms with van der Waals surface area (Å²) >= 11 is 6.70. The minimum atomic E-state index is -1.16. The molecule has 9 heteroatoms. The van der Waals surface area contributed by atoms with E-state index in [1.54, 1.807) is 0 Å². The van der Waals surface area contributed by atoms with Gasteiger partial charge in [0.1, 0.15) is 0 Å². The maximum absolute atomic E-state index is 12.0. The van der Waals surface area contributed by atoms with E-state index in [4.69, 9.17) is 16.7 Å². The summed E-state index contributed by atoms with van der Waals surface area (Å²) < 4.78 is 0. The van der Waals surface area contributed by atoms with E-state index in [0.29, 0.717) is 0 Å². The molecule has 0 spiro atoms. The zero-order chi connectivity index (χ0) is 15.6. The van der Waals surface area contributed by atoms with Gasteiger partial charge in [-0.05, 0) is 18.2 Å². The highest BCUT2D eigenvalue weighted by molar-refractivity contribution is 7.13. The number of nitrogens with one attached hydrogen (secondary N) is 1. The number of rotatable bonds is 4. The Morgan fingerprint density at radius 1 is 1.29 bits per heavy atom. The average Bonchev–Trinajstić information content (AvgIpc) is 2.90. The van der Waals surface area contributed by atoms with E-state index in [1.165, 1.54) is 23.6 Å². The molecule has 0 unspecified atom stereocenters. The van der Waals surface area contributed by atoms with Crippen molar-refractivity contribution >= 4 is 45.5 Å². The van der Waals surface area contributed by atoms with Crippen LogP contribution in [0, 0.1) is 10.1 Å². The smallest absolute Gasteiger partial charge is 0.335 e. The third-order valence-electron chi connectivity index (χ3n) is 2.49. The lowest BCUT2D eigenvalue weighted by molar-refractivity contribution is -0.380. The zero-order valence-electron chi connectivity index (χ0n) is 10.2. The molecule has 0 aliphatic carbocycles. The number of benzene rings is 1. The second-order valence-corrected chi connectivity index (χ2v) is 5.18. The number of carbonyl (C=O) groups excluding carboxylic acids is 1. The Hall–Kier alpha value is -2.45. The Balaban J connectivity index is 2.24. The SMILES string of the molecule is O=C(O)c1ccc(Cl)c(NC(=O)c2csc([N+](=O)[O-])c2)c1. The summed E-state index contributed by atoms with van der Waals surface area (Å²) in [4.78, 5) is 32.8. The number of amides is 1. The normalized spacial score (nSPS) is 10.1. The van der Waals surface area contributed by atoms with Crippen LogP contribution in [0.25, 0.3) is 0 Å². The van der Waals surface area contributed by atoms with Gasteiger partial charge >= 0.3 is 11.0 Å². The highest BCUT2D eigenvalue weighted by atomic mass is 35.5. The minimum Gasteiger partial charge on any atom is -0.478 e. The summed E-state index contributed by atoms with van der Waals surface area (Å²) in [5, 5.41) is 23.2. The third kappa shape index (κ3) is 3.36. The molecule has 2 aromatic rings. The van der Waals surface area contributed by atoms with Crippen LogP contribution in [0.15, 0.2) is 29.6 Å². The van der Waals surface area contributed by atoms with E-state index in [1.807, 2.05) is 0 Å². The average molecular weight is 327 g/mol. The lowest BCUT2D eigenvalue weighted by atomic mass is 10.2. The number of carboxylic acid groups (broad SMARTS) is 1. The zero-order valence-corrected chi connectivity index (χ0v) is 11.8. The van der Waals surface area contributed by atoms with Crippen LogP contribution in [-0.4, -0.2) is 21.9 Å². The molecule has 1 amide bonds. The summed E-state index contributed by atoms with van der Waals surface area (Å²) in [6, 6.07) is 4.99. The molecule has 0 saturated carbocycles. The molecule has 0 fully saturated rings. The highest BCUT2D eigenvalue weighted by Crippen LogP contribution is 2.26. The number of carboxylic acids is 1. The first-order valence-corrected chi connectivity index (χ1v) is 6.71. The third-order valence-corrected chi connectivity index (χ3v) is 3.70. The van der Waals surface area contributed by atoms with E-state index in [-0.39, 0.29) is 26.8 Å². The summed E-state index contributed by atoms with van der Waals surface area (Å²) in [6.07, 6.45) is 0. The molecule has 7 nitrogen and oxygen atoms in total. The second-order valence-electron chi connectivity index (χ2n) is 3.88. The summed E-state index contributed by atoms with van der Waals surface area (Å²) in [6.45, 7) is 0. The van der Waals surface area contributed by atoms with Gasteiger partial charge < -0.3 is 10.4 Å². The fourth-order valence-corrected chi connectivity index (χ4v) is 2.36. The minimum absolute atomic E-state index is 0.0361. The number of hydrogen-bond donors (Lipinski definition) is 2. The van der Waals surface area contributed by atoms with Crippen molar-refractivity contribution < 1.29 is 19.6 Å². The molecule has 0 aliphatic rings. The Morgan fingerprint density at radius 2 is 2.00 bits per heavy atom. The van der Waals surface area contributed by atoms with Crippen molar-refractivity contribution in [2.24, 2.45) is 0 Å². The van der Waals surface area contributed by atoms with Crippen LogP contribution in [0.1, 0.15) is 20.7 Å². The van der Waals surface area contributed by atoms with Gasteiger partial charge in [0.25, 0.3) is 5.91 Å². The quantitative estimate of drug-likeness (QED) is 0.662. The molecule has 0 saturated heterocycles. The van der Waals surface area contributed by atoms with E-state index in [9.17, 15) is 19.7 Å². The molecule has 1 heterocycles. The molecule has 21 heavy (non-hydrogen) atoms. The molecule has 0 atom stereocenters. The number of nitro groups is 1. The monoisotopic (exact) mass is 326 g/mol. The standard InChI is InChI=1S/C12H7ClN2O5S/c13-8-2-1-6(12(17)18)3-9(8)14-11(16)7-4-10(15(19)20)21-5-7/h1-5H,(H,14,16)(H,17,18). The Morgan fingerprint density at radius 3 is 2.57 bits per heavy atom. The summed E-state index contributed by atoms with van der Waals surface area (Å²) in [7, 11) is 0. The predicted octanol–water partition coefficient (Wildman–Crippen LogP) is 3.26. The molecule has 108 valence electrons. The number of anilines is 1. The first-order chi connectivity index (χ1) is 9.88. The van der Waals surface area contributed by atoms with Crippen LogP contribution < -0.4 is 5.32 Å². The van der Waals surface area contributed by atoms with Crippen molar-refractivity contribution in [2.75, 3.05) is 5.32 Å². The molecule has 2 rings (SSSR count). The van der Waals surface area contributed by atoms with Crippen LogP contribution in [0.2, 0.25) is 5.02 Å². The van der Waals surface area contributed by atoms with Crippen LogP contribution in [0.5, 0.6) is 0 Å². The maximum Gasteiger partial charge on any atom is 0.335 e. The summed E-state index contributed by atoms with van der Waals surface area (Å²) in [5.74, 6) is -1.77. The Bertz CT molecular complexity index is 743. The van der Waals surface area contributed by atoms with Crippen LogP contribution in [-0.2, 0) is 0 Å². The van der Waals surface area contributed by atoms with Crippen molar-refractivity contribution in [3.63, 3.8) is 0 Å². The Kier molecular flexibility index (Phi) is 4.20. The molecular formula is C12H7ClN2O5S. The van der Waals surface area contributed by atoms with Gasteiger partial charge in [-0.2, -0.15) is 0 Å². The van der Waals surface area contributed by atoms with Gasteiger partial charge in [0, 0.05) is 11.4 Å². The van der Waals surface area contributed by atoms with Gasteiger partial charge in [-0.25, -0.2) is 4.79 Å². The molecule has 1 aromatic carbocycles. The van der Waals surface area contributed by atoms with Gasteiger partial charge in [0.05, 0.1) is 26.8 Å². The molecule has 0 bridgehead atoms. The molecule has 2 N–H and O–H groups in total. The first-order valence-electron chi connectivity index (χ1n) is 5.45. The molecule has 0 aliphatic heterocycles. The van der Waals surface area contributed by atoms with Crippen molar-refractivity contribution in [3.8, 4) is 0 Å². The number of hydrogen-bond acceptors (Lipinski definition) is 5. The van der Waals surface area contributed by atoms with E-state index in [0.717, 1.165) is 17.4 Å². The first kappa shape index (κ1) is 14.9. The van der Waals surface area contributed by atoms with Crippen molar-refractivity contribution in [2.45, 2.75) is 0 Å². The van der Waals surface area contributed by atoms with Gasteiger partial charge in [-0.15, -0.1) is 0 Å². The topological polar surface area (TPSA) is 110 Å². The van der Waals surface area contributed by atoms with Gasteiger partial charge in [0.15, 0.2) is 0 Å². The van der Waals surface area contributed by atoms with E-state index in [2.05, 4.69) is 5.32 Å².